The first-order chi connectivity index (χ1) is 12.1. The molecule has 0 fully saturated rings. The summed E-state index contributed by atoms with van der Waals surface area (Å²) in [7, 11) is 1.36. The Morgan fingerprint density at radius 2 is 2.08 bits per heavy atom. The molecule has 2 heterocycles. The fourth-order valence-electron chi connectivity index (χ4n) is 2.20. The lowest BCUT2D eigenvalue weighted by Crippen LogP contribution is -2.22. The fourth-order valence-corrected chi connectivity index (χ4v) is 3.09. The van der Waals surface area contributed by atoms with Crippen molar-refractivity contribution >= 4 is 23.0 Å². The summed E-state index contributed by atoms with van der Waals surface area (Å²) in [6.07, 6.45) is 1.44. The van der Waals surface area contributed by atoms with Crippen molar-refractivity contribution in [3.8, 4) is 5.75 Å². The monoisotopic (exact) mass is 359 g/mol. The highest BCUT2D eigenvalue weighted by molar-refractivity contribution is 7.14. The number of hydrogen-bond donors (Lipinski definition) is 1. The van der Waals surface area contributed by atoms with Crippen LogP contribution in [0.5, 0.6) is 5.75 Å². The van der Waals surface area contributed by atoms with Crippen molar-refractivity contribution < 1.29 is 23.1 Å². The molecule has 0 saturated carbocycles. The first-order valence-electron chi connectivity index (χ1n) is 7.37. The second-order valence-corrected chi connectivity index (χ2v) is 6.27. The van der Waals surface area contributed by atoms with Crippen LogP contribution in [0.25, 0.3) is 0 Å². The van der Waals surface area contributed by atoms with Crippen molar-refractivity contribution in [2.75, 3.05) is 7.11 Å². The first kappa shape index (κ1) is 16.9. The van der Waals surface area contributed by atoms with E-state index in [-0.39, 0.29) is 29.4 Å². The lowest BCUT2D eigenvalue weighted by molar-refractivity contribution is 0.0950. The number of thiophene rings is 1. The van der Waals surface area contributed by atoms with Crippen LogP contribution in [0.2, 0.25) is 0 Å². The summed E-state index contributed by atoms with van der Waals surface area (Å²) in [5.41, 5.74) is 0.196. The minimum atomic E-state index is -0.599. The molecule has 0 bridgehead atoms. The molecule has 1 amide bonds. The zero-order valence-corrected chi connectivity index (χ0v) is 14.1. The highest BCUT2D eigenvalue weighted by Crippen LogP contribution is 2.21. The maximum Gasteiger partial charge on any atom is 0.251 e. The minimum Gasteiger partial charge on any atom is -0.494 e. The second kappa shape index (κ2) is 7.31. The third-order valence-electron chi connectivity index (χ3n) is 3.47. The molecule has 0 unspecified atom stereocenters. The number of nitrogens with one attached hydrogen (secondary N) is 1. The Hall–Kier alpha value is -2.93. The molecule has 1 aromatic carbocycles. The van der Waals surface area contributed by atoms with Crippen LogP contribution in [0, 0.1) is 5.82 Å². The van der Waals surface area contributed by atoms with E-state index in [0.29, 0.717) is 4.88 Å². The molecule has 5 nitrogen and oxygen atoms in total. The van der Waals surface area contributed by atoms with Crippen molar-refractivity contribution in [2.45, 2.75) is 6.54 Å². The minimum absolute atomic E-state index is 0.0795. The summed E-state index contributed by atoms with van der Waals surface area (Å²) in [6, 6.07) is 10.7. The van der Waals surface area contributed by atoms with Gasteiger partial charge in [-0.15, -0.1) is 11.3 Å². The van der Waals surface area contributed by atoms with Gasteiger partial charge >= 0.3 is 0 Å². The number of carbonyl (C=O) groups excluding carboxylic acids is 2. The average molecular weight is 359 g/mol. The van der Waals surface area contributed by atoms with Crippen molar-refractivity contribution in [1.29, 1.82) is 0 Å². The number of amides is 1. The van der Waals surface area contributed by atoms with Gasteiger partial charge in [-0.2, -0.15) is 0 Å². The number of ketones is 1. The van der Waals surface area contributed by atoms with Gasteiger partial charge in [-0.05, 0) is 42.5 Å². The third kappa shape index (κ3) is 3.77. The van der Waals surface area contributed by atoms with Crippen LogP contribution in [0.1, 0.15) is 30.7 Å². The molecule has 7 heteroatoms. The van der Waals surface area contributed by atoms with E-state index < -0.39 is 11.7 Å². The normalized spacial score (nSPS) is 10.5. The lowest BCUT2D eigenvalue weighted by atomic mass is 10.2. The van der Waals surface area contributed by atoms with Gasteiger partial charge in [0.25, 0.3) is 5.91 Å². The van der Waals surface area contributed by atoms with Gasteiger partial charge in [0.15, 0.2) is 17.3 Å². The zero-order chi connectivity index (χ0) is 17.8. The summed E-state index contributed by atoms with van der Waals surface area (Å²) in [4.78, 5) is 25.6. The van der Waals surface area contributed by atoms with Crippen LogP contribution in [0.15, 0.2) is 53.1 Å². The Kier molecular flexibility index (Phi) is 4.95. The molecule has 0 saturated heterocycles. The number of hydrogen-bond acceptors (Lipinski definition) is 5. The summed E-state index contributed by atoms with van der Waals surface area (Å²) in [5, 5.41) is 2.70. The molecule has 0 spiro atoms. The van der Waals surface area contributed by atoms with Gasteiger partial charge in [-0.25, -0.2) is 4.39 Å². The van der Waals surface area contributed by atoms with Crippen LogP contribution in [0.4, 0.5) is 4.39 Å². The summed E-state index contributed by atoms with van der Waals surface area (Å²) < 4.78 is 23.6. The van der Waals surface area contributed by atoms with Crippen LogP contribution < -0.4 is 10.1 Å². The average Bonchev–Trinajstić information content (AvgIpc) is 3.30. The Labute approximate surface area is 147 Å². The van der Waals surface area contributed by atoms with Gasteiger partial charge in [0.2, 0.25) is 5.78 Å². The number of methoxy groups -OCH3 is 1. The van der Waals surface area contributed by atoms with Gasteiger partial charge in [0.05, 0.1) is 24.8 Å². The largest absolute Gasteiger partial charge is 0.494 e. The molecule has 0 aliphatic carbocycles. The molecule has 25 heavy (non-hydrogen) atoms. The number of carbonyl (C=O) groups is 2. The lowest BCUT2D eigenvalue weighted by Gasteiger charge is -2.06. The Morgan fingerprint density at radius 3 is 2.76 bits per heavy atom. The number of halogens is 1. The second-order valence-electron chi connectivity index (χ2n) is 5.10. The van der Waals surface area contributed by atoms with Crippen molar-refractivity contribution in [3.63, 3.8) is 0 Å². The topological polar surface area (TPSA) is 68.5 Å². The SMILES string of the molecule is COc1ccc(C(=O)NCc2ccc(C(=O)c3ccco3)s2)cc1F. The summed E-state index contributed by atoms with van der Waals surface area (Å²) >= 11 is 1.27. The van der Waals surface area contributed by atoms with Crippen LogP contribution >= 0.6 is 11.3 Å². The van der Waals surface area contributed by atoms with E-state index in [9.17, 15) is 14.0 Å². The molecule has 128 valence electrons. The van der Waals surface area contributed by atoms with Crippen LogP contribution in [0.3, 0.4) is 0 Å². The predicted molar refractivity (Wildman–Crippen MR) is 90.6 cm³/mol. The number of rotatable bonds is 6. The van der Waals surface area contributed by atoms with Crippen molar-refractivity contribution in [3.05, 3.63) is 75.6 Å². The maximum absolute atomic E-state index is 13.7. The summed E-state index contributed by atoms with van der Waals surface area (Å²) in [6.45, 7) is 0.239. The molecule has 2 aromatic heterocycles. The third-order valence-corrected chi connectivity index (χ3v) is 4.55. The molecule has 0 aliphatic heterocycles. The molecule has 3 rings (SSSR count). The Bertz CT molecular complexity index is 902. The Balaban J connectivity index is 1.63. The van der Waals surface area contributed by atoms with E-state index in [2.05, 4.69) is 5.32 Å². The number of benzene rings is 1. The van der Waals surface area contributed by atoms with Gasteiger partial charge in [-0.3, -0.25) is 9.59 Å². The van der Waals surface area contributed by atoms with E-state index in [1.807, 2.05) is 0 Å². The molecule has 3 aromatic rings. The molecule has 0 aliphatic rings. The van der Waals surface area contributed by atoms with Gasteiger partial charge in [0, 0.05) is 10.4 Å². The maximum atomic E-state index is 13.7. The zero-order valence-electron chi connectivity index (χ0n) is 13.2. The van der Waals surface area contributed by atoms with Crippen molar-refractivity contribution in [2.24, 2.45) is 0 Å². The quantitative estimate of drug-likeness (QED) is 0.682. The molecule has 1 N–H and O–H groups in total. The highest BCUT2D eigenvalue weighted by Gasteiger charge is 2.15. The standard InChI is InChI=1S/C18H14FNO4S/c1-23-14-6-4-11(9-13(14)19)18(22)20-10-12-5-7-16(25-12)17(21)15-3-2-8-24-15/h2-9H,10H2,1H3,(H,20,22). The van der Waals surface area contributed by atoms with Crippen LogP contribution in [-0.4, -0.2) is 18.8 Å². The number of furan rings is 1. The molecular formula is C18H14FNO4S. The number of ether oxygens (including phenoxy) is 1. The van der Waals surface area contributed by atoms with E-state index >= 15 is 0 Å². The molecule has 0 atom stereocenters. The van der Waals surface area contributed by atoms with E-state index in [4.69, 9.17) is 9.15 Å². The smallest absolute Gasteiger partial charge is 0.251 e. The Morgan fingerprint density at radius 1 is 1.24 bits per heavy atom. The van der Waals surface area contributed by atoms with E-state index in [1.54, 1.807) is 24.3 Å². The predicted octanol–water partition coefficient (Wildman–Crippen LogP) is 3.65. The highest BCUT2D eigenvalue weighted by atomic mass is 32.1. The van der Waals surface area contributed by atoms with E-state index in [0.717, 1.165) is 10.9 Å². The van der Waals surface area contributed by atoms with Gasteiger partial charge < -0.3 is 14.5 Å². The van der Waals surface area contributed by atoms with Gasteiger partial charge in [0.1, 0.15) is 0 Å². The van der Waals surface area contributed by atoms with Crippen LogP contribution in [-0.2, 0) is 6.54 Å². The summed E-state index contributed by atoms with van der Waals surface area (Å²) in [5.74, 6) is -0.863. The van der Waals surface area contributed by atoms with Gasteiger partial charge in [-0.1, -0.05) is 0 Å². The van der Waals surface area contributed by atoms with Crippen molar-refractivity contribution in [1.82, 2.24) is 5.32 Å². The fraction of sp³-hybridized carbons (Fsp3) is 0.111. The van der Waals surface area contributed by atoms with E-state index in [1.165, 1.54) is 36.8 Å². The molecule has 0 radical (unpaired) electrons. The molecular weight excluding hydrogens is 345 g/mol. The first-order valence-corrected chi connectivity index (χ1v) is 8.19.